The minimum absolute atomic E-state index is 0. The van der Waals surface area contributed by atoms with Crippen molar-refractivity contribution in [2.75, 3.05) is 11.5 Å². The van der Waals surface area contributed by atoms with Crippen LogP contribution in [0.25, 0.3) is 0 Å². The van der Waals surface area contributed by atoms with Crippen molar-refractivity contribution in [3.8, 4) is 11.5 Å². The Labute approximate surface area is 161 Å². The second kappa shape index (κ2) is 9.09. The number of nitrogens with two attached hydrogens (primary N) is 2. The molecule has 0 radical (unpaired) electrons. The number of carboxylic acids is 2. The normalized spacial score (nSPS) is 9.04. The van der Waals surface area contributed by atoms with Gasteiger partial charge in [0, 0.05) is 11.4 Å². The van der Waals surface area contributed by atoms with Crippen LogP contribution >= 0.6 is 0 Å². The van der Waals surface area contributed by atoms with Crippen molar-refractivity contribution in [3.05, 3.63) is 47.5 Å². The summed E-state index contributed by atoms with van der Waals surface area (Å²) in [6.07, 6.45) is 0. The molecular weight excluding hydrogens is 332 g/mol. The maximum atomic E-state index is 10.8. The Morgan fingerprint density at radius 2 is 1.09 bits per heavy atom. The molecule has 0 fully saturated rings. The van der Waals surface area contributed by atoms with Crippen molar-refractivity contribution in [3.63, 3.8) is 0 Å². The number of carbonyl (C=O) groups is 2. The van der Waals surface area contributed by atoms with Crippen LogP contribution < -0.4 is 21.7 Å². The zero-order valence-electron chi connectivity index (χ0n) is 11.9. The monoisotopic (exact) mass is 344 g/mol. The van der Waals surface area contributed by atoms with Crippen LogP contribution in [0.2, 0.25) is 0 Å². The Kier molecular flexibility index (Phi) is 8.23. The minimum atomic E-state index is -1.25. The predicted molar refractivity (Wildman–Crippen MR) is 80.3 cm³/mol. The molecule has 0 amide bonds. The number of benzene rings is 2. The van der Waals surface area contributed by atoms with Crippen LogP contribution in [-0.2, 0) is 0 Å². The predicted octanol–water partition coefficient (Wildman–Crippen LogP) is -0.300. The Morgan fingerprint density at radius 3 is 1.30 bits per heavy atom. The number of aromatic carboxylic acids is 2. The summed E-state index contributed by atoms with van der Waals surface area (Å²) >= 11 is 0. The fourth-order valence-corrected chi connectivity index (χ4v) is 1.43. The molecule has 0 spiro atoms. The summed E-state index contributed by atoms with van der Waals surface area (Å²) in [5, 5.41) is 38.4. The summed E-state index contributed by atoms with van der Waals surface area (Å²) in [5.41, 5.74) is 10.5. The third kappa shape index (κ3) is 6.23. The number of rotatable bonds is 2. The molecule has 0 saturated carbocycles. The standard InChI is InChI=1S/2C7H7NO3.Ca/c2*8-4-1-2-6(9)5(3-4)7(10)11;/h2*1-3,9H,8H2,(H,10,11);/q;;+2/p-2. The maximum Gasteiger partial charge on any atom is 2.00 e. The van der Waals surface area contributed by atoms with E-state index in [1.807, 2.05) is 0 Å². The number of carboxylic acid groups (broad SMARTS) is 2. The smallest absolute Gasteiger partial charge is 0.872 e. The van der Waals surface area contributed by atoms with Crippen LogP contribution in [0.1, 0.15) is 20.7 Å². The molecule has 2 aromatic carbocycles. The number of nitrogen functional groups attached to an aromatic ring is 2. The molecule has 0 aliphatic rings. The third-order valence-electron chi connectivity index (χ3n) is 2.47. The molecule has 23 heavy (non-hydrogen) atoms. The van der Waals surface area contributed by atoms with E-state index in [9.17, 15) is 19.8 Å². The van der Waals surface area contributed by atoms with E-state index in [1.54, 1.807) is 0 Å². The third-order valence-corrected chi connectivity index (χ3v) is 2.47. The van der Waals surface area contributed by atoms with E-state index in [4.69, 9.17) is 21.7 Å². The van der Waals surface area contributed by atoms with Gasteiger partial charge in [-0.1, -0.05) is 23.6 Å². The van der Waals surface area contributed by atoms with E-state index < -0.39 is 23.4 Å². The van der Waals surface area contributed by atoms with Crippen molar-refractivity contribution in [1.82, 2.24) is 0 Å². The Hall–Kier alpha value is -2.16. The molecular formula is C14H12CaN2O6. The molecule has 2 rings (SSSR count). The summed E-state index contributed by atoms with van der Waals surface area (Å²) in [7, 11) is 0. The van der Waals surface area contributed by atoms with Gasteiger partial charge in [0.25, 0.3) is 0 Å². The summed E-state index contributed by atoms with van der Waals surface area (Å²) < 4.78 is 0. The first-order chi connectivity index (χ1) is 10.2. The molecule has 9 heteroatoms. The summed E-state index contributed by atoms with van der Waals surface area (Å²) in [4.78, 5) is 20.6. The number of anilines is 2. The Bertz CT molecular complexity index is 659. The molecule has 2 aromatic rings. The molecule has 6 N–H and O–H groups in total. The van der Waals surface area contributed by atoms with Gasteiger partial charge in [0.05, 0.1) is 11.1 Å². The molecule has 8 nitrogen and oxygen atoms in total. The molecule has 0 heterocycles. The fourth-order valence-electron chi connectivity index (χ4n) is 1.43. The molecule has 0 aliphatic heterocycles. The molecule has 116 valence electrons. The summed E-state index contributed by atoms with van der Waals surface area (Å²) in [6, 6.07) is 7.30. The fraction of sp³-hybridized carbons (Fsp3) is 0. The van der Waals surface area contributed by atoms with E-state index in [0.29, 0.717) is 0 Å². The van der Waals surface area contributed by atoms with E-state index >= 15 is 0 Å². The zero-order valence-corrected chi connectivity index (χ0v) is 14.1. The van der Waals surface area contributed by atoms with Crippen LogP contribution in [0.5, 0.6) is 11.5 Å². The Balaban J connectivity index is 0.000000403. The van der Waals surface area contributed by atoms with Crippen LogP contribution in [0.3, 0.4) is 0 Å². The summed E-state index contributed by atoms with van der Waals surface area (Å²) in [5.74, 6) is -3.54. The van der Waals surface area contributed by atoms with Gasteiger partial charge < -0.3 is 31.9 Å². The van der Waals surface area contributed by atoms with Crippen molar-refractivity contribution in [1.29, 1.82) is 0 Å². The van der Waals surface area contributed by atoms with Crippen LogP contribution in [0.4, 0.5) is 11.4 Å². The molecule has 0 bridgehead atoms. The number of hydrogen-bond acceptors (Lipinski definition) is 6. The number of hydrogen-bond donors (Lipinski definition) is 4. The first kappa shape index (κ1) is 20.8. The van der Waals surface area contributed by atoms with Crippen molar-refractivity contribution in [2.45, 2.75) is 0 Å². The van der Waals surface area contributed by atoms with E-state index in [2.05, 4.69) is 0 Å². The van der Waals surface area contributed by atoms with Gasteiger partial charge in [0.15, 0.2) is 0 Å². The summed E-state index contributed by atoms with van der Waals surface area (Å²) in [6.45, 7) is 0. The average Bonchev–Trinajstić information content (AvgIpc) is 2.44. The van der Waals surface area contributed by atoms with Gasteiger partial charge >= 0.3 is 49.7 Å². The Morgan fingerprint density at radius 1 is 0.783 bits per heavy atom. The van der Waals surface area contributed by atoms with E-state index in [-0.39, 0.29) is 60.2 Å². The first-order valence-electron chi connectivity index (χ1n) is 5.82. The van der Waals surface area contributed by atoms with Crippen molar-refractivity contribution >= 4 is 61.1 Å². The van der Waals surface area contributed by atoms with Crippen molar-refractivity contribution < 1.29 is 30.0 Å². The van der Waals surface area contributed by atoms with E-state index in [1.165, 1.54) is 12.1 Å². The van der Waals surface area contributed by atoms with Crippen LogP contribution in [0.15, 0.2) is 36.4 Å². The quantitative estimate of drug-likeness (QED) is 0.424. The molecule has 0 aliphatic carbocycles. The van der Waals surface area contributed by atoms with Gasteiger partial charge in [-0.15, -0.1) is 0 Å². The van der Waals surface area contributed by atoms with Crippen molar-refractivity contribution in [2.24, 2.45) is 0 Å². The molecule has 0 saturated heterocycles. The molecule has 0 unspecified atom stereocenters. The second-order valence-corrected chi connectivity index (χ2v) is 4.12. The molecule has 0 aromatic heterocycles. The van der Waals surface area contributed by atoms with Gasteiger partial charge in [-0.05, 0) is 24.3 Å². The van der Waals surface area contributed by atoms with Gasteiger partial charge in [-0.25, -0.2) is 9.59 Å². The van der Waals surface area contributed by atoms with Gasteiger partial charge in [0.1, 0.15) is 0 Å². The second-order valence-electron chi connectivity index (χ2n) is 4.12. The van der Waals surface area contributed by atoms with Crippen LogP contribution in [-0.4, -0.2) is 59.9 Å². The molecule has 0 atom stereocenters. The van der Waals surface area contributed by atoms with Gasteiger partial charge in [-0.3, -0.25) is 0 Å². The van der Waals surface area contributed by atoms with Crippen LogP contribution in [0, 0.1) is 0 Å². The first-order valence-corrected chi connectivity index (χ1v) is 5.82. The topological polar surface area (TPSA) is 173 Å². The zero-order chi connectivity index (χ0) is 16.9. The largest absolute Gasteiger partial charge is 2.00 e. The maximum absolute atomic E-state index is 10.8. The minimum Gasteiger partial charge on any atom is -0.872 e. The average molecular weight is 344 g/mol. The SMILES string of the molecule is Nc1ccc([O-])c(C(=O)O)c1.Nc1ccc([O-])c(C(=O)O)c1.[Ca+2]. The van der Waals surface area contributed by atoms with E-state index in [0.717, 1.165) is 24.3 Å². The van der Waals surface area contributed by atoms with Gasteiger partial charge in [0.2, 0.25) is 0 Å². The van der Waals surface area contributed by atoms with Gasteiger partial charge in [-0.2, -0.15) is 0 Å².